The van der Waals surface area contributed by atoms with Gasteiger partial charge in [0.25, 0.3) is 0 Å². The number of nitrogens with zero attached hydrogens (tertiary/aromatic N) is 1. The Kier molecular flexibility index (Phi) is 5.59. The summed E-state index contributed by atoms with van der Waals surface area (Å²) in [6, 6.07) is 6.56. The van der Waals surface area contributed by atoms with Gasteiger partial charge in [0.2, 0.25) is 11.8 Å². The predicted molar refractivity (Wildman–Crippen MR) is 97.7 cm³/mol. The molecule has 2 amide bonds. The Labute approximate surface area is 153 Å². The lowest BCUT2D eigenvalue weighted by atomic mass is 10.0. The van der Waals surface area contributed by atoms with E-state index in [1.165, 1.54) is 0 Å². The van der Waals surface area contributed by atoms with E-state index < -0.39 is 5.41 Å². The van der Waals surface area contributed by atoms with Crippen LogP contribution in [0.1, 0.15) is 55.8 Å². The maximum Gasteiger partial charge on any atom is 0.338 e. The second kappa shape index (κ2) is 7.89. The van der Waals surface area contributed by atoms with Crippen LogP contribution in [0.5, 0.6) is 0 Å². The molecule has 3 rings (SSSR count). The first kappa shape index (κ1) is 18.4. The lowest BCUT2D eigenvalue weighted by molar-refractivity contribution is -0.142. The minimum atomic E-state index is -0.899. The van der Waals surface area contributed by atoms with Crippen molar-refractivity contribution in [2.75, 3.05) is 25.0 Å². The van der Waals surface area contributed by atoms with Crippen LogP contribution < -0.4 is 5.32 Å². The monoisotopic (exact) mass is 358 g/mol. The van der Waals surface area contributed by atoms with Gasteiger partial charge < -0.3 is 15.0 Å². The second-order valence-electron chi connectivity index (χ2n) is 7.04. The molecule has 1 N–H and O–H groups in total. The molecule has 1 aliphatic heterocycles. The van der Waals surface area contributed by atoms with Gasteiger partial charge in [-0.2, -0.15) is 0 Å². The first-order chi connectivity index (χ1) is 12.6. The van der Waals surface area contributed by atoms with Crippen LogP contribution in [0, 0.1) is 5.41 Å². The largest absolute Gasteiger partial charge is 0.462 e. The standard InChI is InChI=1S/C20H26N2O4/c1-2-26-17(23)15-7-9-16(10-8-15)21-18(24)20(11-12-20)19(25)22-13-5-3-4-6-14-22/h7-10H,2-6,11-14H2,1H3,(H,21,24). The highest BCUT2D eigenvalue weighted by atomic mass is 16.5. The molecule has 1 saturated carbocycles. The third kappa shape index (κ3) is 3.89. The molecule has 2 fully saturated rings. The molecule has 2 aliphatic rings. The van der Waals surface area contributed by atoms with Crippen LogP contribution in [0.4, 0.5) is 5.69 Å². The number of hydrogen-bond donors (Lipinski definition) is 1. The molecular formula is C20H26N2O4. The van der Waals surface area contributed by atoms with Gasteiger partial charge in [-0.25, -0.2) is 4.79 Å². The number of esters is 1. The van der Waals surface area contributed by atoms with Crippen molar-refractivity contribution in [1.29, 1.82) is 0 Å². The Morgan fingerprint density at radius 3 is 2.19 bits per heavy atom. The minimum Gasteiger partial charge on any atom is -0.462 e. The number of carbonyl (C=O) groups is 3. The first-order valence-corrected chi connectivity index (χ1v) is 9.45. The summed E-state index contributed by atoms with van der Waals surface area (Å²) in [6.07, 6.45) is 5.53. The molecule has 0 spiro atoms. The van der Waals surface area contributed by atoms with Gasteiger partial charge in [0.1, 0.15) is 5.41 Å². The van der Waals surface area contributed by atoms with Crippen LogP contribution in [-0.4, -0.2) is 42.4 Å². The number of ether oxygens (including phenoxy) is 1. The zero-order valence-electron chi connectivity index (χ0n) is 15.3. The quantitative estimate of drug-likeness (QED) is 0.648. The second-order valence-corrected chi connectivity index (χ2v) is 7.04. The van der Waals surface area contributed by atoms with Crippen molar-refractivity contribution in [1.82, 2.24) is 4.90 Å². The maximum atomic E-state index is 12.9. The lowest BCUT2D eigenvalue weighted by Crippen LogP contribution is -2.43. The van der Waals surface area contributed by atoms with E-state index in [0.717, 1.165) is 38.8 Å². The van der Waals surface area contributed by atoms with Gasteiger partial charge in [0.15, 0.2) is 0 Å². The molecule has 0 atom stereocenters. The molecule has 1 aromatic rings. The van der Waals surface area contributed by atoms with E-state index >= 15 is 0 Å². The van der Waals surface area contributed by atoms with E-state index in [0.29, 0.717) is 30.7 Å². The van der Waals surface area contributed by atoms with Crippen LogP contribution in [0.15, 0.2) is 24.3 Å². The average Bonchev–Trinajstić information content (AvgIpc) is 3.47. The molecule has 6 nitrogen and oxygen atoms in total. The third-order valence-corrected chi connectivity index (χ3v) is 5.14. The Balaban J connectivity index is 1.63. The number of nitrogens with one attached hydrogen (secondary N) is 1. The van der Waals surface area contributed by atoms with Crippen LogP contribution in [-0.2, 0) is 14.3 Å². The van der Waals surface area contributed by atoms with E-state index in [1.54, 1.807) is 31.2 Å². The van der Waals surface area contributed by atoms with Crippen LogP contribution >= 0.6 is 0 Å². The Hall–Kier alpha value is -2.37. The number of anilines is 1. The fourth-order valence-electron chi connectivity index (χ4n) is 3.39. The average molecular weight is 358 g/mol. The highest BCUT2D eigenvalue weighted by Crippen LogP contribution is 2.48. The third-order valence-electron chi connectivity index (χ3n) is 5.14. The van der Waals surface area contributed by atoms with Crippen molar-refractivity contribution in [3.63, 3.8) is 0 Å². The van der Waals surface area contributed by atoms with Crippen LogP contribution in [0.25, 0.3) is 0 Å². The number of likely N-dealkylation sites (tertiary alicyclic amines) is 1. The van der Waals surface area contributed by atoms with Gasteiger partial charge in [0, 0.05) is 18.8 Å². The fourth-order valence-corrected chi connectivity index (χ4v) is 3.39. The van der Waals surface area contributed by atoms with Gasteiger partial charge in [-0.05, 0) is 56.9 Å². The van der Waals surface area contributed by atoms with Gasteiger partial charge in [-0.3, -0.25) is 9.59 Å². The summed E-state index contributed by atoms with van der Waals surface area (Å²) in [5.41, 5.74) is 0.120. The summed E-state index contributed by atoms with van der Waals surface area (Å²) in [4.78, 5) is 39.2. The molecule has 26 heavy (non-hydrogen) atoms. The molecule has 1 aliphatic carbocycles. The molecule has 0 radical (unpaired) electrons. The minimum absolute atomic E-state index is 0.0277. The van der Waals surface area contributed by atoms with Crippen LogP contribution in [0.3, 0.4) is 0 Å². The first-order valence-electron chi connectivity index (χ1n) is 9.45. The molecular weight excluding hydrogens is 332 g/mol. The topological polar surface area (TPSA) is 75.7 Å². The van der Waals surface area contributed by atoms with Crippen molar-refractivity contribution in [2.24, 2.45) is 5.41 Å². The summed E-state index contributed by atoms with van der Waals surface area (Å²) >= 11 is 0. The maximum absolute atomic E-state index is 12.9. The highest BCUT2D eigenvalue weighted by molar-refractivity contribution is 6.13. The number of hydrogen-bond acceptors (Lipinski definition) is 4. The number of amides is 2. The van der Waals surface area contributed by atoms with E-state index in [-0.39, 0.29) is 17.8 Å². The van der Waals surface area contributed by atoms with Crippen molar-refractivity contribution in [2.45, 2.75) is 45.4 Å². The van der Waals surface area contributed by atoms with E-state index in [2.05, 4.69) is 5.32 Å². The summed E-state index contributed by atoms with van der Waals surface area (Å²) in [5, 5.41) is 2.84. The molecule has 0 aromatic heterocycles. The van der Waals surface area contributed by atoms with Gasteiger partial charge in [0.05, 0.1) is 12.2 Å². The van der Waals surface area contributed by atoms with Crippen molar-refractivity contribution in [3.8, 4) is 0 Å². The summed E-state index contributed by atoms with van der Waals surface area (Å²) in [7, 11) is 0. The van der Waals surface area contributed by atoms with Gasteiger partial charge in [-0.15, -0.1) is 0 Å². The fraction of sp³-hybridized carbons (Fsp3) is 0.550. The molecule has 1 aromatic carbocycles. The molecule has 0 unspecified atom stereocenters. The SMILES string of the molecule is CCOC(=O)c1ccc(NC(=O)C2(C(=O)N3CCCCCC3)CC2)cc1. The Bertz CT molecular complexity index is 672. The molecule has 1 heterocycles. The van der Waals surface area contributed by atoms with E-state index in [9.17, 15) is 14.4 Å². The normalized spacial score (nSPS) is 18.6. The Morgan fingerprint density at radius 1 is 1.04 bits per heavy atom. The summed E-state index contributed by atoms with van der Waals surface area (Å²) < 4.78 is 4.95. The zero-order valence-corrected chi connectivity index (χ0v) is 15.3. The smallest absolute Gasteiger partial charge is 0.338 e. The number of rotatable bonds is 5. The molecule has 1 saturated heterocycles. The summed E-state index contributed by atoms with van der Waals surface area (Å²) in [5.74, 6) is -0.656. The highest BCUT2D eigenvalue weighted by Gasteiger charge is 2.57. The zero-order chi connectivity index (χ0) is 18.6. The number of carbonyl (C=O) groups excluding carboxylic acids is 3. The van der Waals surface area contributed by atoms with Gasteiger partial charge >= 0.3 is 5.97 Å². The Morgan fingerprint density at radius 2 is 1.65 bits per heavy atom. The molecule has 6 heteroatoms. The van der Waals surface area contributed by atoms with E-state index in [4.69, 9.17) is 4.74 Å². The van der Waals surface area contributed by atoms with Crippen molar-refractivity contribution >= 4 is 23.5 Å². The summed E-state index contributed by atoms with van der Waals surface area (Å²) in [6.45, 7) is 3.57. The van der Waals surface area contributed by atoms with E-state index in [1.807, 2.05) is 4.90 Å². The van der Waals surface area contributed by atoms with Crippen LogP contribution in [0.2, 0.25) is 0 Å². The predicted octanol–water partition coefficient (Wildman–Crippen LogP) is 2.98. The number of benzene rings is 1. The van der Waals surface area contributed by atoms with Crippen molar-refractivity contribution in [3.05, 3.63) is 29.8 Å². The lowest BCUT2D eigenvalue weighted by Gasteiger charge is -2.25. The van der Waals surface area contributed by atoms with Crippen molar-refractivity contribution < 1.29 is 19.1 Å². The van der Waals surface area contributed by atoms with Gasteiger partial charge in [-0.1, -0.05) is 12.8 Å². The molecule has 0 bridgehead atoms. The molecule has 140 valence electrons.